The van der Waals surface area contributed by atoms with Gasteiger partial charge in [0.05, 0.1) is 11.8 Å². The fourth-order valence-electron chi connectivity index (χ4n) is 3.67. The van der Waals surface area contributed by atoms with Crippen molar-refractivity contribution in [2.45, 2.75) is 56.3 Å². The van der Waals surface area contributed by atoms with E-state index < -0.39 is 0 Å². The molecule has 0 aliphatic carbocycles. The molecule has 4 heterocycles. The van der Waals surface area contributed by atoms with E-state index in [-0.39, 0.29) is 12.3 Å². The number of imidazole rings is 1. The van der Waals surface area contributed by atoms with Crippen LogP contribution in [0.15, 0.2) is 39.1 Å². The van der Waals surface area contributed by atoms with Gasteiger partial charge in [0.15, 0.2) is 33.6 Å². The molecule has 1 aromatic carbocycles. The van der Waals surface area contributed by atoms with Crippen molar-refractivity contribution in [3.63, 3.8) is 0 Å². The van der Waals surface area contributed by atoms with Crippen molar-refractivity contribution in [2.24, 2.45) is 0 Å². The van der Waals surface area contributed by atoms with Crippen molar-refractivity contribution in [1.29, 1.82) is 0 Å². The minimum Gasteiger partial charge on any atom is -0.454 e. The Morgan fingerprint density at radius 3 is 2.68 bits per heavy atom. The Labute approximate surface area is 201 Å². The molecule has 34 heavy (non-hydrogen) atoms. The van der Waals surface area contributed by atoms with Crippen molar-refractivity contribution >= 4 is 28.7 Å². The second kappa shape index (κ2) is 8.80. The second-order valence-electron chi connectivity index (χ2n) is 9.09. The molecule has 0 radical (unpaired) electrons. The molecule has 0 atom stereocenters. The number of ether oxygens (including phenoxy) is 2. The molecule has 178 valence electrons. The van der Waals surface area contributed by atoms with Gasteiger partial charge in [-0.25, -0.2) is 19.9 Å². The zero-order chi connectivity index (χ0) is 23.9. The summed E-state index contributed by atoms with van der Waals surface area (Å²) in [6.07, 6.45) is 4.06. The van der Waals surface area contributed by atoms with Gasteiger partial charge in [-0.15, -0.1) is 0 Å². The van der Waals surface area contributed by atoms with Crippen LogP contribution in [0.1, 0.15) is 33.0 Å². The Morgan fingerprint density at radius 2 is 1.94 bits per heavy atom. The number of oxazole rings is 1. The standard InChI is InChI=1S/C23H27N7O3S/c1-13-10-25-21(33-13)14-8-15-16(32-12-31-15)9-17(14)34-22-29-18-19(24)26-11-27-20(18)30(22)7-5-6-28-23(2,3)4/h8-11,28H,5-7,12H2,1-4H3,(H2,24,26,27). The summed E-state index contributed by atoms with van der Waals surface area (Å²) in [6.45, 7) is 10.1. The van der Waals surface area contributed by atoms with Crippen LogP contribution in [0.5, 0.6) is 11.5 Å². The third-order valence-corrected chi connectivity index (χ3v) is 6.32. The number of nitrogens with two attached hydrogens (primary N) is 1. The number of hydrogen-bond donors (Lipinski definition) is 2. The van der Waals surface area contributed by atoms with E-state index in [4.69, 9.17) is 24.6 Å². The highest BCUT2D eigenvalue weighted by Crippen LogP contribution is 2.44. The zero-order valence-corrected chi connectivity index (χ0v) is 20.4. The van der Waals surface area contributed by atoms with Crippen molar-refractivity contribution < 1.29 is 13.9 Å². The first kappa shape index (κ1) is 22.5. The molecule has 5 rings (SSSR count). The molecular weight excluding hydrogens is 454 g/mol. The van der Waals surface area contributed by atoms with Gasteiger partial charge in [-0.05, 0) is 52.8 Å². The highest BCUT2D eigenvalue weighted by atomic mass is 32.2. The summed E-state index contributed by atoms with van der Waals surface area (Å²) in [5.41, 5.74) is 8.28. The first-order valence-corrected chi connectivity index (χ1v) is 11.9. The van der Waals surface area contributed by atoms with Gasteiger partial charge in [0.1, 0.15) is 12.1 Å². The lowest BCUT2D eigenvalue weighted by molar-refractivity contribution is 0.174. The summed E-state index contributed by atoms with van der Waals surface area (Å²) < 4.78 is 19.1. The molecule has 1 aliphatic rings. The number of nitrogens with zero attached hydrogens (tertiary/aromatic N) is 5. The van der Waals surface area contributed by atoms with Crippen molar-refractivity contribution in [3.8, 4) is 23.0 Å². The van der Waals surface area contributed by atoms with Crippen LogP contribution in [-0.4, -0.2) is 43.4 Å². The molecule has 0 spiro atoms. The van der Waals surface area contributed by atoms with Gasteiger partial charge < -0.3 is 29.5 Å². The van der Waals surface area contributed by atoms with E-state index in [0.29, 0.717) is 34.4 Å². The summed E-state index contributed by atoms with van der Waals surface area (Å²) in [4.78, 5) is 18.7. The Kier molecular flexibility index (Phi) is 5.82. The number of fused-ring (bicyclic) bond motifs is 2. The number of rotatable bonds is 7. The predicted molar refractivity (Wildman–Crippen MR) is 129 cm³/mol. The molecule has 0 bridgehead atoms. The molecule has 0 saturated heterocycles. The molecule has 0 saturated carbocycles. The molecule has 11 heteroatoms. The molecule has 0 amide bonds. The maximum absolute atomic E-state index is 6.13. The Morgan fingerprint density at radius 1 is 1.15 bits per heavy atom. The monoisotopic (exact) mass is 481 g/mol. The molecular formula is C23H27N7O3S. The van der Waals surface area contributed by atoms with Crippen LogP contribution in [0.3, 0.4) is 0 Å². The smallest absolute Gasteiger partial charge is 0.231 e. The maximum Gasteiger partial charge on any atom is 0.231 e. The van der Waals surface area contributed by atoms with Gasteiger partial charge in [0, 0.05) is 17.0 Å². The Hall–Kier alpha value is -3.31. The van der Waals surface area contributed by atoms with Crippen LogP contribution < -0.4 is 20.5 Å². The minimum absolute atomic E-state index is 0.0523. The van der Waals surface area contributed by atoms with Crippen LogP contribution in [-0.2, 0) is 6.54 Å². The lowest BCUT2D eigenvalue weighted by Gasteiger charge is -2.20. The molecule has 3 N–H and O–H groups in total. The SMILES string of the molecule is Cc1cnc(-c2cc3c(cc2Sc2nc4c(N)ncnc4n2CCCNC(C)(C)C)OCO3)o1. The van der Waals surface area contributed by atoms with Crippen LogP contribution >= 0.6 is 11.8 Å². The van der Waals surface area contributed by atoms with Gasteiger partial charge in [0.25, 0.3) is 0 Å². The Bertz CT molecular complexity index is 1340. The van der Waals surface area contributed by atoms with Crippen LogP contribution in [0, 0.1) is 6.92 Å². The minimum atomic E-state index is 0.0523. The van der Waals surface area contributed by atoms with Crippen molar-refractivity contribution in [2.75, 3.05) is 19.1 Å². The fraction of sp³-hybridized carbons (Fsp3) is 0.391. The van der Waals surface area contributed by atoms with Gasteiger partial charge in [-0.1, -0.05) is 11.8 Å². The van der Waals surface area contributed by atoms with Gasteiger partial charge in [0.2, 0.25) is 12.7 Å². The highest BCUT2D eigenvalue weighted by Gasteiger charge is 2.24. The van der Waals surface area contributed by atoms with Crippen LogP contribution in [0.4, 0.5) is 5.82 Å². The van der Waals surface area contributed by atoms with E-state index in [1.807, 2.05) is 19.1 Å². The van der Waals surface area contributed by atoms with Gasteiger partial charge >= 0.3 is 0 Å². The predicted octanol–water partition coefficient (Wildman–Crippen LogP) is 4.03. The number of nitrogen functional groups attached to an aromatic ring is 1. The number of nitrogens with one attached hydrogen (secondary N) is 1. The number of aromatic nitrogens is 5. The molecule has 3 aromatic heterocycles. The van der Waals surface area contributed by atoms with E-state index in [1.54, 1.807) is 6.20 Å². The average Bonchev–Trinajstić information content (AvgIpc) is 3.49. The number of benzene rings is 1. The summed E-state index contributed by atoms with van der Waals surface area (Å²) in [5.74, 6) is 2.92. The maximum atomic E-state index is 6.13. The molecule has 1 aliphatic heterocycles. The first-order chi connectivity index (χ1) is 16.3. The Balaban J connectivity index is 1.53. The third kappa shape index (κ3) is 4.53. The van der Waals surface area contributed by atoms with E-state index >= 15 is 0 Å². The van der Waals surface area contributed by atoms with Gasteiger partial charge in [-0.2, -0.15) is 0 Å². The summed E-state index contributed by atoms with van der Waals surface area (Å²) in [6, 6.07) is 3.83. The lowest BCUT2D eigenvalue weighted by atomic mass is 10.1. The molecule has 4 aromatic rings. The molecule has 0 fully saturated rings. The molecule has 0 unspecified atom stereocenters. The van der Waals surface area contributed by atoms with E-state index in [1.165, 1.54) is 18.1 Å². The quantitative estimate of drug-likeness (QED) is 0.374. The lowest BCUT2D eigenvalue weighted by Crippen LogP contribution is -2.36. The zero-order valence-electron chi connectivity index (χ0n) is 19.6. The first-order valence-electron chi connectivity index (χ1n) is 11.0. The third-order valence-electron chi connectivity index (χ3n) is 5.27. The summed E-state index contributed by atoms with van der Waals surface area (Å²) in [5, 5.41) is 4.28. The normalized spacial score (nSPS) is 13.2. The largest absolute Gasteiger partial charge is 0.454 e. The summed E-state index contributed by atoms with van der Waals surface area (Å²) in [7, 11) is 0. The number of anilines is 1. The van der Waals surface area contributed by atoms with Crippen molar-refractivity contribution in [1.82, 2.24) is 29.8 Å². The second-order valence-corrected chi connectivity index (χ2v) is 10.1. The summed E-state index contributed by atoms with van der Waals surface area (Å²) >= 11 is 1.48. The molecule has 10 nitrogen and oxygen atoms in total. The topological polar surface area (TPSA) is 126 Å². The van der Waals surface area contributed by atoms with E-state index in [0.717, 1.165) is 40.9 Å². The number of aryl methyl sites for hydroxylation is 2. The van der Waals surface area contributed by atoms with Crippen LogP contribution in [0.2, 0.25) is 0 Å². The number of hydrogen-bond acceptors (Lipinski definition) is 10. The van der Waals surface area contributed by atoms with Crippen molar-refractivity contribution in [3.05, 3.63) is 30.4 Å². The highest BCUT2D eigenvalue weighted by molar-refractivity contribution is 7.99. The fourth-order valence-corrected chi connectivity index (χ4v) is 4.71. The van der Waals surface area contributed by atoms with Crippen LogP contribution in [0.25, 0.3) is 22.6 Å². The van der Waals surface area contributed by atoms with Gasteiger partial charge in [-0.3, -0.25) is 0 Å². The average molecular weight is 482 g/mol. The van der Waals surface area contributed by atoms with E-state index in [2.05, 4.69) is 45.6 Å². The van der Waals surface area contributed by atoms with E-state index in [9.17, 15) is 0 Å².